The minimum Gasteiger partial charge on any atom is -0.497 e. The molecule has 0 amide bonds. The van der Waals surface area contributed by atoms with Crippen molar-refractivity contribution in [1.29, 1.82) is 0 Å². The van der Waals surface area contributed by atoms with E-state index in [2.05, 4.69) is 15.2 Å². The highest BCUT2D eigenvalue weighted by atomic mass is 16.7. The summed E-state index contributed by atoms with van der Waals surface area (Å²) in [6, 6.07) is 10.9. The summed E-state index contributed by atoms with van der Waals surface area (Å²) in [7, 11) is 1.62. The third-order valence-electron chi connectivity index (χ3n) is 6.71. The average molecular weight is 481 g/mol. The lowest BCUT2D eigenvalue weighted by atomic mass is 10.0. The zero-order valence-electron chi connectivity index (χ0n) is 19.5. The molecule has 2 aliphatic heterocycles. The van der Waals surface area contributed by atoms with Gasteiger partial charge in [-0.15, -0.1) is 0 Å². The van der Waals surface area contributed by atoms with Crippen molar-refractivity contribution >= 4 is 16.6 Å². The van der Waals surface area contributed by atoms with Crippen LogP contribution in [-0.2, 0) is 6.54 Å². The number of hydrogen-bond acceptors (Lipinski definition) is 9. The first-order valence-corrected chi connectivity index (χ1v) is 11.6. The molecule has 1 fully saturated rings. The van der Waals surface area contributed by atoms with Gasteiger partial charge in [-0.25, -0.2) is 0 Å². The smallest absolute Gasteiger partial charge is 0.277 e. The molecule has 0 radical (unpaired) electrons. The lowest BCUT2D eigenvalue weighted by molar-refractivity contribution is -0.385. The van der Waals surface area contributed by atoms with Crippen LogP contribution in [-0.4, -0.2) is 59.5 Å². The quantitative estimate of drug-likeness (QED) is 0.370. The molecule has 10 nitrogen and oxygen atoms in total. The van der Waals surface area contributed by atoms with Crippen LogP contribution in [0.15, 0.2) is 42.6 Å². The first-order valence-electron chi connectivity index (χ1n) is 11.6. The van der Waals surface area contributed by atoms with E-state index in [-0.39, 0.29) is 23.4 Å². The fourth-order valence-corrected chi connectivity index (χ4v) is 4.77. The Morgan fingerprint density at radius 1 is 1.23 bits per heavy atom. The van der Waals surface area contributed by atoms with Gasteiger partial charge in [0.1, 0.15) is 5.75 Å². The van der Waals surface area contributed by atoms with Gasteiger partial charge < -0.3 is 29.5 Å². The van der Waals surface area contributed by atoms with Gasteiger partial charge in [0.2, 0.25) is 6.79 Å². The summed E-state index contributed by atoms with van der Waals surface area (Å²) < 4.78 is 16.0. The number of rotatable bonds is 8. The molecule has 2 aromatic carbocycles. The molecule has 3 heterocycles. The van der Waals surface area contributed by atoms with Crippen LogP contribution in [0.5, 0.6) is 17.2 Å². The van der Waals surface area contributed by atoms with Gasteiger partial charge in [-0.1, -0.05) is 0 Å². The van der Waals surface area contributed by atoms with Crippen LogP contribution in [0, 0.1) is 10.1 Å². The molecule has 0 saturated carbocycles. The molecular formula is C25H28N4O6. The second-order valence-corrected chi connectivity index (χ2v) is 8.85. The van der Waals surface area contributed by atoms with Gasteiger partial charge in [0.15, 0.2) is 11.5 Å². The van der Waals surface area contributed by atoms with Crippen LogP contribution in [0.25, 0.3) is 10.9 Å². The van der Waals surface area contributed by atoms with Crippen molar-refractivity contribution < 1.29 is 24.2 Å². The topological polar surface area (TPSA) is 119 Å². The predicted molar refractivity (Wildman–Crippen MR) is 129 cm³/mol. The number of ether oxygens (including phenoxy) is 3. The number of β-amino-alcohol motifs (C(OH)–C–C–N with tert-alkyl or cyclic N) is 1. The van der Waals surface area contributed by atoms with Crippen molar-refractivity contribution in [1.82, 2.24) is 15.2 Å². The Labute approximate surface area is 202 Å². The minimum absolute atomic E-state index is 0.0310. The van der Waals surface area contributed by atoms with Gasteiger partial charge in [-0.05, 0) is 61.8 Å². The van der Waals surface area contributed by atoms with Crippen LogP contribution >= 0.6 is 0 Å². The second kappa shape index (κ2) is 10.0. The fraction of sp³-hybridized carbons (Fsp3) is 0.400. The number of nitrogens with one attached hydrogen (secondary N) is 1. The van der Waals surface area contributed by atoms with Gasteiger partial charge in [0.05, 0.1) is 29.7 Å². The molecule has 0 bridgehead atoms. The molecule has 0 unspecified atom stereocenters. The van der Waals surface area contributed by atoms with E-state index in [0.717, 1.165) is 48.1 Å². The number of nitrogens with zero attached hydrogens (tertiary/aromatic N) is 3. The number of benzene rings is 2. The Hall–Kier alpha value is -3.47. The fourth-order valence-electron chi connectivity index (χ4n) is 4.77. The van der Waals surface area contributed by atoms with E-state index in [9.17, 15) is 15.2 Å². The zero-order chi connectivity index (χ0) is 24.4. The minimum atomic E-state index is -0.645. The number of aliphatic hydroxyl groups excluding tert-OH is 1. The molecule has 5 rings (SSSR count). The Kier molecular flexibility index (Phi) is 6.67. The molecule has 1 saturated heterocycles. The molecule has 1 atom stereocenters. The van der Waals surface area contributed by atoms with Crippen molar-refractivity contribution in [3.8, 4) is 17.2 Å². The van der Waals surface area contributed by atoms with E-state index < -0.39 is 6.10 Å². The highest BCUT2D eigenvalue weighted by Crippen LogP contribution is 2.38. The summed E-state index contributed by atoms with van der Waals surface area (Å²) in [4.78, 5) is 17.7. The number of piperidine rings is 1. The Morgan fingerprint density at radius 3 is 2.74 bits per heavy atom. The summed E-state index contributed by atoms with van der Waals surface area (Å²) in [6.07, 6.45) is 2.85. The van der Waals surface area contributed by atoms with E-state index in [1.807, 2.05) is 24.3 Å². The van der Waals surface area contributed by atoms with Gasteiger partial charge in [-0.3, -0.25) is 15.1 Å². The third kappa shape index (κ3) is 5.00. The highest BCUT2D eigenvalue weighted by molar-refractivity contribution is 5.83. The van der Waals surface area contributed by atoms with Crippen LogP contribution in [0.3, 0.4) is 0 Å². The lowest BCUT2D eigenvalue weighted by Gasteiger charge is -2.33. The van der Waals surface area contributed by atoms with E-state index in [1.54, 1.807) is 19.4 Å². The Bertz CT molecular complexity index is 1230. The highest BCUT2D eigenvalue weighted by Gasteiger charge is 2.26. The number of likely N-dealkylation sites (tertiary alicyclic amines) is 1. The largest absolute Gasteiger partial charge is 0.497 e. The lowest BCUT2D eigenvalue weighted by Crippen LogP contribution is -2.43. The van der Waals surface area contributed by atoms with E-state index >= 15 is 0 Å². The van der Waals surface area contributed by atoms with E-state index in [1.165, 1.54) is 6.07 Å². The maximum atomic E-state index is 11.5. The van der Waals surface area contributed by atoms with Crippen LogP contribution in [0.1, 0.15) is 30.1 Å². The van der Waals surface area contributed by atoms with Gasteiger partial charge in [0, 0.05) is 36.3 Å². The van der Waals surface area contributed by atoms with Crippen LogP contribution < -0.4 is 19.5 Å². The standard InChI is InChI=1S/C25H28N4O6/c1-33-18-2-3-21-20(11-18)19(4-7-26-21)23(30)14-28-8-5-17(6-9-28)27-13-16-10-24-25(35-15-34-24)12-22(16)29(31)32/h2-4,7,10-12,17,23,27,30H,5-6,8-9,13-15H2,1H3/t23-/m0/s1. The number of fused-ring (bicyclic) bond motifs is 2. The predicted octanol–water partition coefficient (Wildman–Crippen LogP) is 3.17. The van der Waals surface area contributed by atoms with Crippen molar-refractivity contribution in [2.24, 2.45) is 0 Å². The van der Waals surface area contributed by atoms with Gasteiger partial charge >= 0.3 is 0 Å². The summed E-state index contributed by atoms with van der Waals surface area (Å²) in [5.74, 6) is 1.68. The molecule has 1 aromatic heterocycles. The number of methoxy groups -OCH3 is 1. The number of pyridine rings is 1. The monoisotopic (exact) mass is 480 g/mol. The zero-order valence-corrected chi connectivity index (χ0v) is 19.5. The summed E-state index contributed by atoms with van der Waals surface area (Å²) in [5.41, 5.74) is 2.27. The normalized spacial score (nSPS) is 17.0. The summed E-state index contributed by atoms with van der Waals surface area (Å²) in [5, 5.41) is 26.8. The molecular weight excluding hydrogens is 452 g/mol. The molecule has 3 aromatic rings. The molecule has 0 aliphatic carbocycles. The molecule has 0 spiro atoms. The number of nitro groups is 1. The number of nitro benzene ring substituents is 1. The number of hydrogen-bond donors (Lipinski definition) is 2. The number of aromatic nitrogens is 1. The summed E-state index contributed by atoms with van der Waals surface area (Å²) in [6.45, 7) is 2.63. The SMILES string of the molecule is COc1ccc2nccc([C@@H](O)CN3CCC(NCc4cc5c(cc4[N+](=O)[O-])OCO5)CC3)c2c1. The van der Waals surface area contributed by atoms with Crippen molar-refractivity contribution in [3.63, 3.8) is 0 Å². The first-order chi connectivity index (χ1) is 17.0. The van der Waals surface area contributed by atoms with Crippen molar-refractivity contribution in [2.75, 3.05) is 33.5 Å². The maximum Gasteiger partial charge on any atom is 0.277 e. The average Bonchev–Trinajstić information content (AvgIpc) is 3.34. The molecule has 2 aliphatic rings. The van der Waals surface area contributed by atoms with Crippen molar-refractivity contribution in [3.05, 3.63) is 63.8 Å². The molecule has 35 heavy (non-hydrogen) atoms. The molecule has 184 valence electrons. The molecule has 2 N–H and O–H groups in total. The van der Waals surface area contributed by atoms with Gasteiger partial charge in [0.25, 0.3) is 5.69 Å². The van der Waals surface area contributed by atoms with Crippen LogP contribution in [0.4, 0.5) is 5.69 Å². The number of aliphatic hydroxyl groups is 1. The van der Waals surface area contributed by atoms with Crippen LogP contribution in [0.2, 0.25) is 0 Å². The Morgan fingerprint density at radius 2 is 2.00 bits per heavy atom. The second-order valence-electron chi connectivity index (χ2n) is 8.85. The molecule has 10 heteroatoms. The van der Waals surface area contributed by atoms with E-state index in [0.29, 0.717) is 30.2 Å². The Balaban J connectivity index is 1.17. The van der Waals surface area contributed by atoms with E-state index in [4.69, 9.17) is 14.2 Å². The maximum absolute atomic E-state index is 11.5. The van der Waals surface area contributed by atoms with Crippen molar-refractivity contribution in [2.45, 2.75) is 31.5 Å². The summed E-state index contributed by atoms with van der Waals surface area (Å²) >= 11 is 0. The third-order valence-corrected chi connectivity index (χ3v) is 6.71. The van der Waals surface area contributed by atoms with Gasteiger partial charge in [-0.2, -0.15) is 0 Å². The first kappa shape index (κ1) is 23.3.